The summed E-state index contributed by atoms with van der Waals surface area (Å²) in [5.74, 6) is -0.366. The Morgan fingerprint density at radius 3 is 2.54 bits per heavy atom. The van der Waals surface area contributed by atoms with E-state index in [0.717, 1.165) is 22.0 Å². The highest BCUT2D eigenvalue weighted by molar-refractivity contribution is 5.95. The highest BCUT2D eigenvalue weighted by atomic mass is 16.5. The van der Waals surface area contributed by atoms with Crippen molar-refractivity contribution >= 4 is 16.9 Å². The van der Waals surface area contributed by atoms with Crippen molar-refractivity contribution in [3.05, 3.63) is 81.6 Å². The zero-order chi connectivity index (χ0) is 17.1. The van der Waals surface area contributed by atoms with Crippen LogP contribution in [0.3, 0.4) is 0 Å². The quantitative estimate of drug-likeness (QED) is 0.689. The number of nitrogens with zero attached hydrogens (tertiary/aromatic N) is 1. The average molecular weight is 321 g/mol. The highest BCUT2D eigenvalue weighted by Gasteiger charge is 2.11. The maximum atomic E-state index is 12.3. The molecule has 0 atom stereocenters. The van der Waals surface area contributed by atoms with Crippen molar-refractivity contribution in [2.24, 2.45) is 0 Å². The summed E-state index contributed by atoms with van der Waals surface area (Å²) < 4.78 is 7.07. The van der Waals surface area contributed by atoms with Crippen molar-refractivity contribution in [2.45, 2.75) is 27.0 Å². The van der Waals surface area contributed by atoms with Crippen LogP contribution in [0.4, 0.5) is 0 Å². The maximum absolute atomic E-state index is 12.3. The SMILES string of the molecule is CCn1c(=O)cc(C)c2cc(C(=O)OCc3ccccc3)ccc21. The molecule has 0 bridgehead atoms. The van der Waals surface area contributed by atoms with Crippen LogP contribution in [0.5, 0.6) is 0 Å². The van der Waals surface area contributed by atoms with Gasteiger partial charge in [-0.2, -0.15) is 0 Å². The zero-order valence-electron chi connectivity index (χ0n) is 13.8. The van der Waals surface area contributed by atoms with Crippen LogP contribution in [0.1, 0.15) is 28.4 Å². The molecular weight excluding hydrogens is 302 g/mol. The Morgan fingerprint density at radius 2 is 1.83 bits per heavy atom. The molecule has 0 N–H and O–H groups in total. The van der Waals surface area contributed by atoms with Gasteiger partial charge in [0.1, 0.15) is 6.61 Å². The number of hydrogen-bond acceptors (Lipinski definition) is 3. The molecule has 0 aliphatic rings. The number of esters is 1. The van der Waals surface area contributed by atoms with Crippen LogP contribution in [-0.4, -0.2) is 10.5 Å². The fourth-order valence-corrected chi connectivity index (χ4v) is 2.81. The molecule has 0 aliphatic heterocycles. The van der Waals surface area contributed by atoms with E-state index in [1.165, 1.54) is 0 Å². The van der Waals surface area contributed by atoms with Gasteiger partial charge in [-0.15, -0.1) is 0 Å². The van der Waals surface area contributed by atoms with Gasteiger partial charge in [-0.1, -0.05) is 30.3 Å². The molecule has 2 aromatic carbocycles. The molecule has 0 unspecified atom stereocenters. The van der Waals surface area contributed by atoms with Crippen LogP contribution >= 0.6 is 0 Å². The van der Waals surface area contributed by atoms with E-state index in [1.807, 2.05) is 50.2 Å². The van der Waals surface area contributed by atoms with Gasteiger partial charge in [0.15, 0.2) is 0 Å². The first kappa shape index (κ1) is 16.0. The van der Waals surface area contributed by atoms with Crippen molar-refractivity contribution in [1.29, 1.82) is 0 Å². The number of aryl methyl sites for hydroxylation is 2. The van der Waals surface area contributed by atoms with Gasteiger partial charge in [0.05, 0.1) is 11.1 Å². The van der Waals surface area contributed by atoms with Crippen LogP contribution in [0.15, 0.2) is 59.4 Å². The Labute approximate surface area is 140 Å². The van der Waals surface area contributed by atoms with Crippen molar-refractivity contribution in [3.8, 4) is 0 Å². The molecule has 0 saturated carbocycles. The van der Waals surface area contributed by atoms with Crippen molar-refractivity contribution in [1.82, 2.24) is 4.57 Å². The lowest BCUT2D eigenvalue weighted by Gasteiger charge is -2.11. The van der Waals surface area contributed by atoms with Gasteiger partial charge in [0.25, 0.3) is 5.56 Å². The molecule has 1 aromatic heterocycles. The highest BCUT2D eigenvalue weighted by Crippen LogP contribution is 2.19. The van der Waals surface area contributed by atoms with Gasteiger partial charge >= 0.3 is 5.97 Å². The molecular formula is C20H19NO3. The zero-order valence-corrected chi connectivity index (χ0v) is 13.8. The minimum atomic E-state index is -0.366. The van der Waals surface area contributed by atoms with E-state index in [2.05, 4.69) is 0 Å². The standard InChI is InChI=1S/C20H19NO3/c1-3-21-18-10-9-16(12-17(18)14(2)11-19(21)22)20(23)24-13-15-7-5-4-6-8-15/h4-12H,3,13H2,1-2H3. The molecule has 3 rings (SSSR count). The summed E-state index contributed by atoms with van der Waals surface area (Å²) in [6.45, 7) is 4.64. The van der Waals surface area contributed by atoms with Crippen LogP contribution in [0, 0.1) is 6.92 Å². The predicted octanol–water partition coefficient (Wildman–Crippen LogP) is 3.69. The molecule has 4 heteroatoms. The van der Waals surface area contributed by atoms with E-state index >= 15 is 0 Å². The Kier molecular flexibility index (Phi) is 4.47. The summed E-state index contributed by atoms with van der Waals surface area (Å²) in [5.41, 5.74) is 3.10. The first-order valence-corrected chi connectivity index (χ1v) is 7.95. The lowest BCUT2D eigenvalue weighted by Crippen LogP contribution is -2.19. The first-order chi connectivity index (χ1) is 11.6. The minimum absolute atomic E-state index is 0.0260. The van der Waals surface area contributed by atoms with Crippen LogP contribution < -0.4 is 5.56 Å². The fraction of sp³-hybridized carbons (Fsp3) is 0.200. The third-order valence-electron chi connectivity index (χ3n) is 4.08. The largest absolute Gasteiger partial charge is 0.457 e. The smallest absolute Gasteiger partial charge is 0.338 e. The van der Waals surface area contributed by atoms with Gasteiger partial charge in [0, 0.05) is 18.0 Å². The Morgan fingerprint density at radius 1 is 1.08 bits per heavy atom. The molecule has 0 fully saturated rings. The van der Waals surface area contributed by atoms with E-state index in [4.69, 9.17) is 4.74 Å². The number of ether oxygens (including phenoxy) is 1. The van der Waals surface area contributed by atoms with Gasteiger partial charge in [-0.25, -0.2) is 4.79 Å². The molecule has 1 heterocycles. The molecule has 24 heavy (non-hydrogen) atoms. The molecule has 4 nitrogen and oxygen atoms in total. The topological polar surface area (TPSA) is 48.3 Å². The van der Waals surface area contributed by atoms with E-state index in [0.29, 0.717) is 12.1 Å². The second kappa shape index (κ2) is 6.71. The summed E-state index contributed by atoms with van der Waals surface area (Å²) in [6.07, 6.45) is 0. The maximum Gasteiger partial charge on any atom is 0.338 e. The molecule has 0 amide bonds. The van der Waals surface area contributed by atoms with E-state index < -0.39 is 0 Å². The van der Waals surface area contributed by atoms with Gasteiger partial charge in [-0.05, 0) is 43.2 Å². The minimum Gasteiger partial charge on any atom is -0.457 e. The Bertz CT molecular complexity index is 942. The Balaban J connectivity index is 1.90. The molecule has 0 aliphatic carbocycles. The summed E-state index contributed by atoms with van der Waals surface area (Å²) in [4.78, 5) is 24.3. The number of aromatic nitrogens is 1. The van der Waals surface area contributed by atoms with Gasteiger partial charge < -0.3 is 9.30 Å². The number of rotatable bonds is 4. The lowest BCUT2D eigenvalue weighted by atomic mass is 10.1. The number of benzene rings is 2. The summed E-state index contributed by atoms with van der Waals surface area (Å²) in [7, 11) is 0. The second-order valence-electron chi connectivity index (χ2n) is 5.70. The number of carbonyl (C=O) groups excluding carboxylic acids is 1. The first-order valence-electron chi connectivity index (χ1n) is 7.95. The molecule has 0 spiro atoms. The lowest BCUT2D eigenvalue weighted by molar-refractivity contribution is 0.0473. The van der Waals surface area contributed by atoms with Gasteiger partial charge in [0.2, 0.25) is 0 Å². The van der Waals surface area contributed by atoms with Crippen LogP contribution in [0.25, 0.3) is 10.9 Å². The molecule has 3 aromatic rings. The summed E-state index contributed by atoms with van der Waals surface area (Å²) in [5, 5.41) is 0.894. The number of hydrogen-bond donors (Lipinski definition) is 0. The fourth-order valence-electron chi connectivity index (χ4n) is 2.81. The normalized spacial score (nSPS) is 10.8. The van der Waals surface area contributed by atoms with Crippen molar-refractivity contribution in [2.75, 3.05) is 0 Å². The third-order valence-corrected chi connectivity index (χ3v) is 4.08. The molecule has 0 saturated heterocycles. The number of pyridine rings is 1. The summed E-state index contributed by atoms with van der Waals surface area (Å²) >= 11 is 0. The van der Waals surface area contributed by atoms with E-state index in [1.54, 1.807) is 22.8 Å². The average Bonchev–Trinajstić information content (AvgIpc) is 2.60. The van der Waals surface area contributed by atoms with Gasteiger partial charge in [-0.3, -0.25) is 4.79 Å². The second-order valence-corrected chi connectivity index (χ2v) is 5.70. The predicted molar refractivity (Wildman–Crippen MR) is 94.2 cm³/mol. The monoisotopic (exact) mass is 321 g/mol. The Hall–Kier alpha value is -2.88. The van der Waals surface area contributed by atoms with Crippen LogP contribution in [0.2, 0.25) is 0 Å². The summed E-state index contributed by atoms with van der Waals surface area (Å²) in [6, 6.07) is 16.5. The van der Waals surface area contributed by atoms with E-state index in [9.17, 15) is 9.59 Å². The number of carbonyl (C=O) groups is 1. The third kappa shape index (κ3) is 3.08. The van der Waals surface area contributed by atoms with E-state index in [-0.39, 0.29) is 18.1 Å². The van der Waals surface area contributed by atoms with Crippen molar-refractivity contribution in [3.63, 3.8) is 0 Å². The molecule has 0 radical (unpaired) electrons. The number of fused-ring (bicyclic) bond motifs is 1. The molecule has 122 valence electrons. The van der Waals surface area contributed by atoms with Crippen molar-refractivity contribution < 1.29 is 9.53 Å². The van der Waals surface area contributed by atoms with Crippen LogP contribution in [-0.2, 0) is 17.9 Å².